The minimum atomic E-state index is 0.0924. The third-order valence-electron chi connectivity index (χ3n) is 4.38. The topological polar surface area (TPSA) is 83.6 Å². The minimum absolute atomic E-state index is 0.0924. The molecule has 160 valence electrons. The smallest absolute Gasteiger partial charge is 0.148 e. The van der Waals surface area contributed by atoms with E-state index < -0.39 is 0 Å². The van der Waals surface area contributed by atoms with Gasteiger partial charge >= 0.3 is 0 Å². The molecule has 0 aliphatic rings. The molecule has 0 aromatic heterocycles. The van der Waals surface area contributed by atoms with Crippen molar-refractivity contribution in [3.63, 3.8) is 0 Å². The Labute approximate surface area is 183 Å². The largest absolute Gasteiger partial charge is 0.507 e. The molecule has 2 N–H and O–H groups in total. The molecule has 6 nitrogen and oxygen atoms in total. The molecule has 0 saturated carbocycles. The maximum atomic E-state index is 10.2. The maximum Gasteiger partial charge on any atom is 0.148 e. The van der Waals surface area contributed by atoms with Crippen molar-refractivity contribution in [3.8, 4) is 47.7 Å². The number of benzene rings is 2. The fourth-order valence-electron chi connectivity index (χ4n) is 2.80. The van der Waals surface area contributed by atoms with Crippen molar-refractivity contribution in [3.05, 3.63) is 47.5 Å². The van der Waals surface area contributed by atoms with E-state index in [4.69, 9.17) is 22.3 Å². The third kappa shape index (κ3) is 7.13. The van der Waals surface area contributed by atoms with Gasteiger partial charge in [-0.1, -0.05) is 11.8 Å². The Morgan fingerprint density at radius 2 is 1.23 bits per heavy atom. The van der Waals surface area contributed by atoms with Crippen LogP contribution in [0.1, 0.15) is 31.4 Å². The van der Waals surface area contributed by atoms with Gasteiger partial charge in [-0.05, 0) is 44.5 Å². The highest BCUT2D eigenvalue weighted by Gasteiger charge is 2.08. The normalized spacial score (nSPS) is 11.5. The van der Waals surface area contributed by atoms with E-state index in [-0.39, 0.29) is 24.7 Å². The van der Waals surface area contributed by atoms with Crippen molar-refractivity contribution in [2.24, 2.45) is 9.98 Å². The standard InChI is InChI=1S/C25H26N2O4/c1-5-14-30-20-8-10-22(24(28)16-20)18(3)26-12-7-13-27-19(4)23-11-9-21(17-25(23)29)31-15-6-2/h1-2,8-11,16-17,28-29H,7,12-15H2,3-4H3. The summed E-state index contributed by atoms with van der Waals surface area (Å²) in [6.07, 6.45) is 11.1. The molecule has 0 saturated heterocycles. The second-order valence-corrected chi connectivity index (χ2v) is 6.63. The van der Waals surface area contributed by atoms with Gasteiger partial charge < -0.3 is 19.7 Å². The maximum absolute atomic E-state index is 10.2. The highest BCUT2D eigenvalue weighted by molar-refractivity contribution is 6.01. The number of phenols is 2. The molecule has 6 heteroatoms. The number of terminal acetylenes is 2. The summed E-state index contributed by atoms with van der Waals surface area (Å²) < 4.78 is 10.6. The molecule has 2 rings (SSSR count). The van der Waals surface area contributed by atoms with Crippen molar-refractivity contribution >= 4 is 11.4 Å². The number of hydrogen-bond acceptors (Lipinski definition) is 6. The average Bonchev–Trinajstić information content (AvgIpc) is 2.75. The van der Waals surface area contributed by atoms with E-state index in [1.54, 1.807) is 24.3 Å². The van der Waals surface area contributed by atoms with Crippen LogP contribution in [0.15, 0.2) is 46.4 Å². The van der Waals surface area contributed by atoms with E-state index in [0.717, 1.165) is 17.8 Å². The fraction of sp³-hybridized carbons (Fsp3) is 0.280. The fourth-order valence-corrected chi connectivity index (χ4v) is 2.80. The van der Waals surface area contributed by atoms with Crippen LogP contribution in [0.25, 0.3) is 0 Å². The van der Waals surface area contributed by atoms with Gasteiger partial charge in [0.15, 0.2) is 0 Å². The molecule has 0 amide bonds. The van der Waals surface area contributed by atoms with Crippen LogP contribution >= 0.6 is 0 Å². The van der Waals surface area contributed by atoms with Crippen LogP contribution < -0.4 is 9.47 Å². The lowest BCUT2D eigenvalue weighted by atomic mass is 10.1. The zero-order valence-electron chi connectivity index (χ0n) is 17.8. The Hall–Kier alpha value is -3.90. The molecule has 0 atom stereocenters. The second kappa shape index (κ2) is 11.9. The molecule has 0 heterocycles. The van der Waals surface area contributed by atoms with E-state index in [9.17, 15) is 10.2 Å². The van der Waals surface area contributed by atoms with Crippen LogP contribution in [0, 0.1) is 24.7 Å². The van der Waals surface area contributed by atoms with E-state index in [1.165, 1.54) is 12.1 Å². The number of rotatable bonds is 10. The van der Waals surface area contributed by atoms with Gasteiger partial charge in [0.1, 0.15) is 36.2 Å². The highest BCUT2D eigenvalue weighted by Crippen LogP contribution is 2.25. The van der Waals surface area contributed by atoms with Crippen LogP contribution in [-0.2, 0) is 0 Å². The van der Waals surface area contributed by atoms with Crippen molar-refractivity contribution in [1.29, 1.82) is 0 Å². The van der Waals surface area contributed by atoms with E-state index in [2.05, 4.69) is 21.8 Å². The quantitative estimate of drug-likeness (QED) is 0.349. The monoisotopic (exact) mass is 418 g/mol. The van der Waals surface area contributed by atoms with Crippen molar-refractivity contribution in [2.45, 2.75) is 20.3 Å². The first-order chi connectivity index (χ1) is 15.0. The molecule has 2 aromatic rings. The molecule has 0 aliphatic carbocycles. The van der Waals surface area contributed by atoms with Gasteiger partial charge in [0.2, 0.25) is 0 Å². The zero-order valence-corrected chi connectivity index (χ0v) is 17.8. The van der Waals surface area contributed by atoms with Crippen LogP contribution in [-0.4, -0.2) is 47.9 Å². The Morgan fingerprint density at radius 1 is 0.806 bits per heavy atom. The van der Waals surface area contributed by atoms with Crippen molar-refractivity contribution < 1.29 is 19.7 Å². The predicted molar refractivity (Wildman–Crippen MR) is 124 cm³/mol. The number of ether oxygens (including phenoxy) is 2. The molecular formula is C25H26N2O4. The van der Waals surface area contributed by atoms with Gasteiger partial charge in [0.05, 0.1) is 0 Å². The minimum Gasteiger partial charge on any atom is -0.507 e. The summed E-state index contributed by atoms with van der Waals surface area (Å²) >= 11 is 0. The van der Waals surface area contributed by atoms with Crippen LogP contribution in [0.2, 0.25) is 0 Å². The molecule has 0 bridgehead atoms. The summed E-state index contributed by atoms with van der Waals surface area (Å²) in [7, 11) is 0. The van der Waals surface area contributed by atoms with Crippen molar-refractivity contribution in [2.75, 3.05) is 26.3 Å². The zero-order chi connectivity index (χ0) is 22.6. The number of hydrogen-bond donors (Lipinski definition) is 2. The van der Waals surface area contributed by atoms with Crippen LogP contribution in [0.5, 0.6) is 23.0 Å². The van der Waals surface area contributed by atoms with Gasteiger partial charge in [-0.3, -0.25) is 9.98 Å². The lowest BCUT2D eigenvalue weighted by Crippen LogP contribution is -2.01. The summed E-state index contributed by atoms with van der Waals surface area (Å²) in [5.41, 5.74) is 2.73. The van der Waals surface area contributed by atoms with Crippen LogP contribution in [0.4, 0.5) is 0 Å². The van der Waals surface area contributed by atoms with Crippen molar-refractivity contribution in [1.82, 2.24) is 0 Å². The lowest BCUT2D eigenvalue weighted by molar-refractivity contribution is 0.366. The van der Waals surface area contributed by atoms with Gasteiger partial charge in [-0.15, -0.1) is 12.8 Å². The Bertz CT molecular complexity index is 959. The number of phenolic OH excluding ortho intramolecular Hbond substituents is 2. The Kier molecular flexibility index (Phi) is 9.01. The lowest BCUT2D eigenvalue weighted by Gasteiger charge is -2.08. The summed E-state index contributed by atoms with van der Waals surface area (Å²) in [5.74, 6) is 5.96. The molecule has 2 aromatic carbocycles. The molecule has 0 radical (unpaired) electrons. The first-order valence-corrected chi connectivity index (χ1v) is 9.77. The number of aliphatic imine (C=N–C) groups is 2. The SMILES string of the molecule is C#CCOc1ccc(C(C)=NCCCN=C(C)c2ccc(OCC#C)cc2O)c(O)c1. The molecule has 31 heavy (non-hydrogen) atoms. The van der Waals surface area contributed by atoms with E-state index >= 15 is 0 Å². The van der Waals surface area contributed by atoms with Gasteiger partial charge in [-0.2, -0.15) is 0 Å². The Balaban J connectivity index is 1.90. The highest BCUT2D eigenvalue weighted by atomic mass is 16.5. The Morgan fingerprint density at radius 3 is 1.58 bits per heavy atom. The average molecular weight is 418 g/mol. The van der Waals surface area contributed by atoms with Crippen LogP contribution in [0.3, 0.4) is 0 Å². The molecule has 0 fully saturated rings. The number of aromatic hydroxyl groups is 2. The van der Waals surface area contributed by atoms with Gasteiger partial charge in [0.25, 0.3) is 0 Å². The summed E-state index contributed by atoms with van der Waals surface area (Å²) in [6, 6.07) is 10.0. The van der Waals surface area contributed by atoms with Gasteiger partial charge in [-0.25, -0.2) is 0 Å². The summed E-state index contributed by atoms with van der Waals surface area (Å²) in [5, 5.41) is 20.4. The third-order valence-corrected chi connectivity index (χ3v) is 4.38. The first kappa shape index (κ1) is 23.4. The number of nitrogens with zero attached hydrogens (tertiary/aromatic N) is 2. The predicted octanol–water partition coefficient (Wildman–Crippen LogP) is 3.83. The molecule has 0 unspecified atom stereocenters. The van der Waals surface area contributed by atoms with Gasteiger partial charge in [0, 0.05) is 47.8 Å². The first-order valence-electron chi connectivity index (χ1n) is 9.77. The molecule has 0 aliphatic heterocycles. The summed E-state index contributed by atoms with van der Waals surface area (Å²) in [6.45, 7) is 5.09. The molecular weight excluding hydrogens is 392 g/mol. The summed E-state index contributed by atoms with van der Waals surface area (Å²) in [4.78, 5) is 9.01. The molecule has 0 spiro atoms. The van der Waals surface area contributed by atoms with E-state index in [0.29, 0.717) is 35.7 Å². The van der Waals surface area contributed by atoms with E-state index in [1.807, 2.05) is 13.8 Å². The second-order valence-electron chi connectivity index (χ2n) is 6.63.